The summed E-state index contributed by atoms with van der Waals surface area (Å²) in [5.74, 6) is 0.898. The van der Waals surface area contributed by atoms with Crippen LogP contribution in [0.4, 0.5) is 0 Å². The van der Waals surface area contributed by atoms with Gasteiger partial charge in [-0.1, -0.05) is 46.0 Å². The lowest BCUT2D eigenvalue weighted by molar-refractivity contribution is 0.389. The fourth-order valence-electron chi connectivity index (χ4n) is 2.49. The maximum absolute atomic E-state index is 5.45. The van der Waals surface area contributed by atoms with Crippen LogP contribution < -0.4 is 10.1 Å². The minimum Gasteiger partial charge on any atom is -0.495 e. The smallest absolute Gasteiger partial charge is 0.141 e. The molecule has 1 unspecified atom stereocenters. The first-order chi connectivity index (χ1) is 9.83. The number of aromatic nitrogens is 1. The molecular weight excluding hydrogens is 248 g/mol. The zero-order valence-electron chi connectivity index (χ0n) is 13.3. The van der Waals surface area contributed by atoms with Gasteiger partial charge in [-0.2, -0.15) is 0 Å². The van der Waals surface area contributed by atoms with Crippen LogP contribution >= 0.6 is 0 Å². The van der Waals surface area contributed by atoms with Gasteiger partial charge in [-0.3, -0.25) is 4.98 Å². The molecule has 0 saturated heterocycles. The van der Waals surface area contributed by atoms with Crippen molar-refractivity contribution in [3.8, 4) is 5.75 Å². The van der Waals surface area contributed by atoms with Crippen molar-refractivity contribution in [1.29, 1.82) is 0 Å². The maximum Gasteiger partial charge on any atom is 0.141 e. The van der Waals surface area contributed by atoms with Crippen LogP contribution in [-0.2, 0) is 0 Å². The van der Waals surface area contributed by atoms with Crippen LogP contribution in [0.15, 0.2) is 18.5 Å². The van der Waals surface area contributed by atoms with E-state index in [9.17, 15) is 0 Å². The Kier molecular flexibility index (Phi) is 9.05. The number of unbranched alkanes of at least 4 members (excludes halogenated alkanes) is 4. The standard InChI is InChI=1S/C17H30N2O/c1-4-6-7-8-9-10-16(19-12-5-2)15-11-13-18-14-17(15)20-3/h11,13-14,16,19H,4-10,12H2,1-3H3. The molecule has 0 aliphatic heterocycles. The molecule has 0 aromatic carbocycles. The zero-order chi connectivity index (χ0) is 14.6. The molecule has 3 nitrogen and oxygen atoms in total. The Bertz CT molecular complexity index is 355. The van der Waals surface area contributed by atoms with Crippen LogP contribution in [0.3, 0.4) is 0 Å². The summed E-state index contributed by atoms with van der Waals surface area (Å²) in [4.78, 5) is 4.15. The van der Waals surface area contributed by atoms with Crippen LogP contribution in [-0.4, -0.2) is 18.6 Å². The normalized spacial score (nSPS) is 12.3. The number of nitrogens with zero attached hydrogens (tertiary/aromatic N) is 1. The monoisotopic (exact) mass is 278 g/mol. The van der Waals surface area contributed by atoms with Gasteiger partial charge in [0.25, 0.3) is 0 Å². The molecular formula is C17H30N2O. The van der Waals surface area contributed by atoms with E-state index in [2.05, 4.69) is 30.2 Å². The maximum atomic E-state index is 5.45. The lowest BCUT2D eigenvalue weighted by atomic mass is 9.99. The average Bonchev–Trinajstić information content (AvgIpc) is 2.50. The molecule has 1 atom stereocenters. The highest BCUT2D eigenvalue weighted by Crippen LogP contribution is 2.27. The van der Waals surface area contributed by atoms with E-state index in [4.69, 9.17) is 4.74 Å². The Morgan fingerprint density at radius 3 is 2.65 bits per heavy atom. The van der Waals surface area contributed by atoms with Gasteiger partial charge in [0.2, 0.25) is 0 Å². The van der Waals surface area contributed by atoms with Gasteiger partial charge in [0.1, 0.15) is 5.75 Å². The summed E-state index contributed by atoms with van der Waals surface area (Å²) in [7, 11) is 1.72. The van der Waals surface area contributed by atoms with Crippen molar-refractivity contribution in [3.63, 3.8) is 0 Å². The van der Waals surface area contributed by atoms with Crippen molar-refractivity contribution in [2.45, 2.75) is 64.8 Å². The highest BCUT2D eigenvalue weighted by molar-refractivity contribution is 5.32. The van der Waals surface area contributed by atoms with E-state index >= 15 is 0 Å². The first-order valence-corrected chi connectivity index (χ1v) is 8.04. The highest BCUT2D eigenvalue weighted by atomic mass is 16.5. The lowest BCUT2D eigenvalue weighted by Crippen LogP contribution is -2.22. The molecule has 0 radical (unpaired) electrons. The number of rotatable bonds is 11. The minimum absolute atomic E-state index is 0.384. The number of nitrogens with one attached hydrogen (secondary N) is 1. The quantitative estimate of drug-likeness (QED) is 0.605. The largest absolute Gasteiger partial charge is 0.495 e. The summed E-state index contributed by atoms with van der Waals surface area (Å²) < 4.78 is 5.45. The molecule has 114 valence electrons. The SMILES string of the molecule is CCCCCCCC(NCCC)c1ccncc1OC. The van der Waals surface area contributed by atoms with Crippen molar-refractivity contribution in [3.05, 3.63) is 24.0 Å². The van der Waals surface area contributed by atoms with Crippen LogP contribution in [0.2, 0.25) is 0 Å². The molecule has 1 heterocycles. The topological polar surface area (TPSA) is 34.2 Å². The van der Waals surface area contributed by atoms with E-state index in [1.165, 1.54) is 44.1 Å². The Morgan fingerprint density at radius 2 is 1.95 bits per heavy atom. The Balaban J connectivity index is 2.58. The molecule has 0 bridgehead atoms. The summed E-state index contributed by atoms with van der Waals surface area (Å²) >= 11 is 0. The van der Waals surface area contributed by atoms with Gasteiger partial charge in [0.15, 0.2) is 0 Å². The molecule has 3 heteroatoms. The number of ether oxygens (including phenoxy) is 1. The van der Waals surface area contributed by atoms with E-state index in [0.717, 1.165) is 18.7 Å². The molecule has 1 rings (SSSR count). The fourth-order valence-corrected chi connectivity index (χ4v) is 2.49. The molecule has 1 aromatic heterocycles. The van der Waals surface area contributed by atoms with Gasteiger partial charge in [0, 0.05) is 17.8 Å². The molecule has 0 aliphatic rings. The van der Waals surface area contributed by atoms with Crippen LogP contribution in [0.5, 0.6) is 5.75 Å². The van der Waals surface area contributed by atoms with Crippen molar-refractivity contribution in [1.82, 2.24) is 10.3 Å². The predicted octanol–water partition coefficient (Wildman–Crippen LogP) is 4.49. The second-order valence-electron chi connectivity index (χ2n) is 5.33. The molecule has 1 aromatic rings. The third-order valence-electron chi connectivity index (χ3n) is 3.65. The first-order valence-electron chi connectivity index (χ1n) is 8.04. The van der Waals surface area contributed by atoms with Crippen molar-refractivity contribution in [2.24, 2.45) is 0 Å². The van der Waals surface area contributed by atoms with Crippen LogP contribution in [0, 0.1) is 0 Å². The van der Waals surface area contributed by atoms with Crippen molar-refractivity contribution in [2.75, 3.05) is 13.7 Å². The van der Waals surface area contributed by atoms with E-state index < -0.39 is 0 Å². The van der Waals surface area contributed by atoms with Crippen molar-refractivity contribution >= 4 is 0 Å². The molecule has 0 aliphatic carbocycles. The average molecular weight is 278 g/mol. The summed E-state index contributed by atoms with van der Waals surface area (Å²) in [6.45, 7) is 5.51. The second-order valence-corrected chi connectivity index (χ2v) is 5.33. The molecule has 0 amide bonds. The van der Waals surface area contributed by atoms with Crippen molar-refractivity contribution < 1.29 is 4.74 Å². The van der Waals surface area contributed by atoms with Gasteiger partial charge < -0.3 is 10.1 Å². The van der Waals surface area contributed by atoms with Gasteiger partial charge in [-0.15, -0.1) is 0 Å². The molecule has 0 spiro atoms. The summed E-state index contributed by atoms with van der Waals surface area (Å²) in [6, 6.07) is 2.47. The number of hydrogen-bond donors (Lipinski definition) is 1. The lowest BCUT2D eigenvalue weighted by Gasteiger charge is -2.21. The fraction of sp³-hybridized carbons (Fsp3) is 0.706. The number of methoxy groups -OCH3 is 1. The molecule has 0 fully saturated rings. The van der Waals surface area contributed by atoms with Crippen LogP contribution in [0.1, 0.15) is 70.4 Å². The van der Waals surface area contributed by atoms with Gasteiger partial charge in [-0.05, 0) is 25.5 Å². The zero-order valence-corrected chi connectivity index (χ0v) is 13.3. The Morgan fingerprint density at radius 1 is 1.15 bits per heavy atom. The Labute approximate surface area is 124 Å². The van der Waals surface area contributed by atoms with E-state index in [0.29, 0.717) is 6.04 Å². The number of hydrogen-bond acceptors (Lipinski definition) is 3. The Hall–Kier alpha value is -1.09. The predicted molar refractivity (Wildman–Crippen MR) is 85.2 cm³/mol. The third kappa shape index (κ3) is 5.91. The van der Waals surface area contributed by atoms with E-state index in [-0.39, 0.29) is 0 Å². The molecule has 0 saturated carbocycles. The van der Waals surface area contributed by atoms with Crippen LogP contribution in [0.25, 0.3) is 0 Å². The highest BCUT2D eigenvalue weighted by Gasteiger charge is 2.14. The second kappa shape index (κ2) is 10.7. The number of pyridine rings is 1. The minimum atomic E-state index is 0.384. The van der Waals surface area contributed by atoms with Gasteiger partial charge in [0.05, 0.1) is 13.3 Å². The molecule has 1 N–H and O–H groups in total. The van der Waals surface area contributed by atoms with E-state index in [1.807, 2.05) is 12.4 Å². The van der Waals surface area contributed by atoms with Gasteiger partial charge in [-0.25, -0.2) is 0 Å². The van der Waals surface area contributed by atoms with E-state index in [1.54, 1.807) is 7.11 Å². The summed E-state index contributed by atoms with van der Waals surface area (Å²) in [5, 5.41) is 3.64. The summed E-state index contributed by atoms with van der Waals surface area (Å²) in [5.41, 5.74) is 1.24. The molecule has 20 heavy (non-hydrogen) atoms. The third-order valence-corrected chi connectivity index (χ3v) is 3.65. The van der Waals surface area contributed by atoms with Gasteiger partial charge >= 0.3 is 0 Å². The summed E-state index contributed by atoms with van der Waals surface area (Å²) in [6.07, 6.45) is 12.6. The first kappa shape index (κ1) is 17.0.